The predicted octanol–water partition coefficient (Wildman–Crippen LogP) is 5.39. The molecule has 0 radical (unpaired) electrons. The Morgan fingerprint density at radius 1 is 0.738 bits per heavy atom. The van der Waals surface area contributed by atoms with Crippen molar-refractivity contribution >= 4 is 81.9 Å². The lowest BCUT2D eigenvalue weighted by Crippen LogP contribution is -2.17. The lowest BCUT2D eigenvalue weighted by atomic mass is 10.1. The lowest BCUT2D eigenvalue weighted by Gasteiger charge is -2.11. The number of halogens is 1. The lowest BCUT2D eigenvalue weighted by molar-refractivity contribution is -0.116. The molecule has 0 bridgehead atoms. The smallest absolute Gasteiger partial charge is 0.263 e. The van der Waals surface area contributed by atoms with Gasteiger partial charge in [-0.3, -0.25) is 14.2 Å². The highest BCUT2D eigenvalue weighted by molar-refractivity contribution is 7.93. The Morgan fingerprint density at radius 2 is 1.21 bits per heavy atom. The van der Waals surface area contributed by atoms with E-state index in [1.807, 2.05) is 6.07 Å². The van der Waals surface area contributed by atoms with Crippen LogP contribution in [0.2, 0.25) is 0 Å². The number of nitrogen functional groups attached to an aromatic ring is 1. The summed E-state index contributed by atoms with van der Waals surface area (Å²) >= 11 is 8.57. The van der Waals surface area contributed by atoms with Gasteiger partial charge in [-0.15, -0.1) is 34.3 Å². The van der Waals surface area contributed by atoms with Gasteiger partial charge in [-0.05, 0) is 54.1 Å². The van der Waals surface area contributed by atoms with E-state index in [4.69, 9.17) is 17.3 Å². The number of carbonyl (C=O) groups is 1. The monoisotopic (exact) mass is 662 g/mol. The summed E-state index contributed by atoms with van der Waals surface area (Å²) < 4.78 is 53.0. The molecule has 1 amide bonds. The fraction of sp³-hybridized carbons (Fsp3) is 0.0385. The van der Waals surface area contributed by atoms with Gasteiger partial charge in [0.25, 0.3) is 20.0 Å². The first-order valence-corrected chi connectivity index (χ1v) is 17.0. The molecule has 1 atom stereocenters. The standard InChI is InChI=1S/C17H14ClN3O3S2.C9H9N3O2S2/c18-15(12-4-2-1-3-5-12)16(22)20-13-6-8-14(9-7-13)26(23,24)21-17-19-10-11-25-17;10-7-1-3-8(4-2-7)16(13,14)12-9-11-5-6-15-9/h1-11,15H,(H,19,21)(H,20,22);1-6H,10H2,(H,11,12). The Kier molecular flexibility index (Phi) is 10.1. The molecule has 2 aromatic heterocycles. The van der Waals surface area contributed by atoms with E-state index >= 15 is 0 Å². The average molecular weight is 663 g/mol. The number of nitrogens with zero attached hydrogens (tertiary/aromatic N) is 2. The van der Waals surface area contributed by atoms with Gasteiger partial charge in [-0.1, -0.05) is 30.3 Å². The SMILES string of the molecule is Nc1ccc(S(=O)(=O)Nc2nccs2)cc1.O=C(Nc1ccc(S(=O)(=O)Nc2nccs2)cc1)C(Cl)c1ccccc1. The summed E-state index contributed by atoms with van der Waals surface area (Å²) in [7, 11) is -7.29. The fourth-order valence-corrected chi connectivity index (χ4v) is 7.02. The first-order valence-electron chi connectivity index (χ1n) is 11.8. The molecule has 0 fully saturated rings. The van der Waals surface area contributed by atoms with Crippen molar-refractivity contribution in [2.75, 3.05) is 20.5 Å². The number of rotatable bonds is 9. The van der Waals surface area contributed by atoms with Crippen molar-refractivity contribution in [2.45, 2.75) is 15.2 Å². The highest BCUT2D eigenvalue weighted by Crippen LogP contribution is 2.24. The molecule has 1 unspecified atom stereocenters. The minimum absolute atomic E-state index is 0.0659. The van der Waals surface area contributed by atoms with E-state index in [1.54, 1.807) is 35.0 Å². The number of alkyl halides is 1. The van der Waals surface area contributed by atoms with Crippen molar-refractivity contribution in [2.24, 2.45) is 0 Å². The number of sulfonamides is 2. The Labute approximate surface area is 255 Å². The predicted molar refractivity (Wildman–Crippen MR) is 167 cm³/mol. The molecule has 3 aromatic carbocycles. The van der Waals surface area contributed by atoms with E-state index < -0.39 is 31.3 Å². The van der Waals surface area contributed by atoms with Crippen molar-refractivity contribution in [1.29, 1.82) is 0 Å². The number of nitrogens with two attached hydrogens (primary N) is 1. The maximum Gasteiger partial charge on any atom is 0.263 e. The van der Waals surface area contributed by atoms with E-state index in [0.717, 1.165) is 0 Å². The second-order valence-electron chi connectivity index (χ2n) is 8.24. The molecule has 16 heteroatoms. The van der Waals surface area contributed by atoms with E-state index in [9.17, 15) is 21.6 Å². The van der Waals surface area contributed by atoms with Crippen molar-refractivity contribution in [3.63, 3.8) is 0 Å². The topological polar surface area (TPSA) is 173 Å². The zero-order chi connectivity index (χ0) is 30.2. The average Bonchev–Trinajstić information content (AvgIpc) is 3.68. The van der Waals surface area contributed by atoms with Gasteiger partial charge in [0.1, 0.15) is 5.38 Å². The largest absolute Gasteiger partial charge is 0.399 e. The maximum absolute atomic E-state index is 12.3. The van der Waals surface area contributed by atoms with Crippen molar-refractivity contribution in [3.05, 3.63) is 108 Å². The molecule has 0 spiro atoms. The van der Waals surface area contributed by atoms with Gasteiger partial charge in [0.15, 0.2) is 10.3 Å². The van der Waals surface area contributed by atoms with Crippen LogP contribution in [-0.4, -0.2) is 32.7 Å². The van der Waals surface area contributed by atoms with Crippen molar-refractivity contribution in [3.8, 4) is 0 Å². The van der Waals surface area contributed by atoms with E-state index in [1.165, 1.54) is 83.6 Å². The molecule has 0 saturated heterocycles. The highest BCUT2D eigenvalue weighted by Gasteiger charge is 2.19. The van der Waals surface area contributed by atoms with Gasteiger partial charge in [-0.25, -0.2) is 26.8 Å². The number of anilines is 4. The second-order valence-corrected chi connectivity index (χ2v) is 13.8. The number of hydrogen-bond donors (Lipinski definition) is 4. The maximum atomic E-state index is 12.3. The van der Waals surface area contributed by atoms with E-state index in [2.05, 4.69) is 24.7 Å². The third-order valence-electron chi connectivity index (χ3n) is 5.25. The second kappa shape index (κ2) is 13.8. The van der Waals surface area contributed by atoms with Crippen LogP contribution in [0.3, 0.4) is 0 Å². The van der Waals surface area contributed by atoms with Gasteiger partial charge in [-0.2, -0.15) is 0 Å². The first-order chi connectivity index (χ1) is 20.0. The van der Waals surface area contributed by atoms with E-state index in [-0.39, 0.29) is 14.9 Å². The molecule has 0 aliphatic carbocycles. The Bertz CT molecular complexity index is 1800. The van der Waals surface area contributed by atoms with E-state index in [0.29, 0.717) is 22.1 Å². The van der Waals surface area contributed by atoms with Crippen LogP contribution in [0.4, 0.5) is 21.6 Å². The Hall–Kier alpha value is -4.02. The summed E-state index contributed by atoms with van der Waals surface area (Å²) in [6.07, 6.45) is 3.04. The molecule has 5 aromatic rings. The third-order valence-corrected chi connectivity index (χ3v) is 10.0. The van der Waals surface area contributed by atoms with Crippen LogP contribution in [0.1, 0.15) is 10.9 Å². The van der Waals surface area contributed by atoms with Crippen LogP contribution in [-0.2, 0) is 24.8 Å². The van der Waals surface area contributed by atoms with Crippen LogP contribution < -0.4 is 20.5 Å². The number of benzene rings is 3. The van der Waals surface area contributed by atoms with Crippen molar-refractivity contribution in [1.82, 2.24) is 9.97 Å². The quantitative estimate of drug-likeness (QED) is 0.120. The van der Waals surface area contributed by atoms with Crippen LogP contribution in [0.25, 0.3) is 0 Å². The molecule has 42 heavy (non-hydrogen) atoms. The summed E-state index contributed by atoms with van der Waals surface area (Å²) in [5.74, 6) is -0.394. The Balaban J connectivity index is 0.000000216. The molecular formula is C26H23ClN6O5S4. The molecule has 0 saturated carbocycles. The summed E-state index contributed by atoms with van der Waals surface area (Å²) in [5.41, 5.74) is 7.13. The van der Waals surface area contributed by atoms with Crippen LogP contribution >= 0.6 is 34.3 Å². The normalized spacial score (nSPS) is 11.9. The summed E-state index contributed by atoms with van der Waals surface area (Å²) in [6.45, 7) is 0. The number of amides is 1. The summed E-state index contributed by atoms with van der Waals surface area (Å²) in [5, 5.41) is 5.83. The highest BCUT2D eigenvalue weighted by atomic mass is 35.5. The van der Waals surface area contributed by atoms with Crippen LogP contribution in [0.15, 0.2) is 112 Å². The van der Waals surface area contributed by atoms with Crippen LogP contribution in [0, 0.1) is 0 Å². The van der Waals surface area contributed by atoms with Crippen molar-refractivity contribution < 1.29 is 21.6 Å². The first kappa shape index (κ1) is 30.9. The van der Waals surface area contributed by atoms with Gasteiger partial charge < -0.3 is 11.1 Å². The zero-order valence-corrected chi connectivity index (χ0v) is 25.4. The van der Waals surface area contributed by atoms with Gasteiger partial charge in [0, 0.05) is 34.5 Å². The number of aromatic nitrogens is 2. The zero-order valence-electron chi connectivity index (χ0n) is 21.4. The molecule has 0 aliphatic heterocycles. The van der Waals surface area contributed by atoms with Gasteiger partial charge in [0.05, 0.1) is 9.79 Å². The molecule has 5 N–H and O–H groups in total. The number of hydrogen-bond acceptors (Lipinski definition) is 10. The summed E-state index contributed by atoms with van der Waals surface area (Å²) in [6, 6.07) is 20.7. The Morgan fingerprint density at radius 3 is 1.67 bits per heavy atom. The number of nitrogens with one attached hydrogen (secondary N) is 3. The van der Waals surface area contributed by atoms with Gasteiger partial charge >= 0.3 is 0 Å². The molecule has 11 nitrogen and oxygen atoms in total. The molecule has 218 valence electrons. The third kappa shape index (κ3) is 8.50. The van der Waals surface area contributed by atoms with Gasteiger partial charge in [0.2, 0.25) is 5.91 Å². The molecular weight excluding hydrogens is 640 g/mol. The minimum Gasteiger partial charge on any atom is -0.399 e. The fourth-order valence-electron chi connectivity index (χ4n) is 3.24. The number of thiazole rings is 2. The van der Waals surface area contributed by atoms with Crippen LogP contribution in [0.5, 0.6) is 0 Å². The molecule has 0 aliphatic rings. The number of carbonyl (C=O) groups excluding carboxylic acids is 1. The summed E-state index contributed by atoms with van der Waals surface area (Å²) in [4.78, 5) is 20.2. The molecule has 2 heterocycles. The molecule has 5 rings (SSSR count). The minimum atomic E-state index is -3.73.